The number of amides is 1. The largest absolute Gasteiger partial charge is 0.469 e. The molecule has 9 heteroatoms. The molecule has 0 bridgehead atoms. The minimum Gasteiger partial charge on any atom is -0.469 e. The van der Waals surface area contributed by atoms with Crippen LogP contribution < -0.4 is 0 Å². The number of piperazine rings is 2. The smallest absolute Gasteiger partial charge is 0.410 e. The van der Waals surface area contributed by atoms with E-state index in [1.165, 1.54) is 7.11 Å². The summed E-state index contributed by atoms with van der Waals surface area (Å²) >= 11 is 0. The van der Waals surface area contributed by atoms with Crippen LogP contribution in [0.25, 0.3) is 0 Å². The fourth-order valence-electron chi connectivity index (χ4n) is 4.68. The van der Waals surface area contributed by atoms with E-state index in [9.17, 15) is 9.59 Å². The van der Waals surface area contributed by atoms with Crippen LogP contribution in [0, 0.1) is 0 Å². The molecule has 3 fully saturated rings. The zero-order valence-electron chi connectivity index (χ0n) is 19.6. The van der Waals surface area contributed by atoms with E-state index < -0.39 is 0 Å². The summed E-state index contributed by atoms with van der Waals surface area (Å²) in [5.41, 5.74) is 0. The highest BCUT2D eigenvalue weighted by atomic mass is 16.6. The van der Waals surface area contributed by atoms with Crippen LogP contribution >= 0.6 is 0 Å². The summed E-state index contributed by atoms with van der Waals surface area (Å²) in [5, 5.41) is 0. The number of hydrogen-bond acceptors (Lipinski definition) is 8. The first kappa shape index (κ1) is 24.2. The molecule has 0 aromatic carbocycles. The van der Waals surface area contributed by atoms with Crippen LogP contribution in [0.3, 0.4) is 0 Å². The molecular weight excluding hydrogens is 398 g/mol. The molecule has 1 amide bonds. The Kier molecular flexibility index (Phi) is 9.37. The summed E-state index contributed by atoms with van der Waals surface area (Å²) in [6.45, 7) is 16.9. The lowest BCUT2D eigenvalue weighted by Gasteiger charge is -2.37. The molecule has 178 valence electrons. The van der Waals surface area contributed by atoms with Gasteiger partial charge >= 0.3 is 12.1 Å². The molecule has 3 rings (SSSR count). The van der Waals surface area contributed by atoms with E-state index in [0.29, 0.717) is 19.0 Å². The third kappa shape index (κ3) is 7.59. The van der Waals surface area contributed by atoms with Gasteiger partial charge in [-0.15, -0.1) is 0 Å². The zero-order chi connectivity index (χ0) is 22.2. The van der Waals surface area contributed by atoms with E-state index in [4.69, 9.17) is 9.47 Å². The number of hydrogen-bond donors (Lipinski definition) is 0. The van der Waals surface area contributed by atoms with Gasteiger partial charge in [0.15, 0.2) is 0 Å². The third-order valence-corrected chi connectivity index (χ3v) is 6.78. The average Bonchev–Trinajstić information content (AvgIpc) is 3.12. The third-order valence-electron chi connectivity index (χ3n) is 6.78. The number of carbonyl (C=O) groups excluding carboxylic acids is 2. The van der Waals surface area contributed by atoms with Gasteiger partial charge in [0.25, 0.3) is 0 Å². The predicted molar refractivity (Wildman–Crippen MR) is 119 cm³/mol. The van der Waals surface area contributed by atoms with Crippen molar-refractivity contribution >= 4 is 12.1 Å². The summed E-state index contributed by atoms with van der Waals surface area (Å²) in [6, 6.07) is 0.626. The number of methoxy groups -OCH3 is 1. The first-order chi connectivity index (χ1) is 14.9. The van der Waals surface area contributed by atoms with E-state index >= 15 is 0 Å². The Hall–Kier alpha value is -1.42. The molecule has 9 nitrogen and oxygen atoms in total. The first-order valence-corrected chi connectivity index (χ1v) is 11.9. The maximum absolute atomic E-state index is 12.3. The molecule has 0 aromatic heterocycles. The molecule has 0 saturated carbocycles. The van der Waals surface area contributed by atoms with Crippen LogP contribution in [0.5, 0.6) is 0 Å². The monoisotopic (exact) mass is 439 g/mol. The molecule has 31 heavy (non-hydrogen) atoms. The highest BCUT2D eigenvalue weighted by molar-refractivity contribution is 5.70. The van der Waals surface area contributed by atoms with Gasteiger partial charge in [-0.05, 0) is 26.8 Å². The van der Waals surface area contributed by atoms with Crippen molar-refractivity contribution in [3.8, 4) is 0 Å². The average molecular weight is 440 g/mol. The molecule has 3 heterocycles. The Morgan fingerprint density at radius 3 is 2.23 bits per heavy atom. The second-order valence-electron chi connectivity index (χ2n) is 9.25. The molecule has 3 saturated heterocycles. The van der Waals surface area contributed by atoms with Crippen molar-refractivity contribution in [2.24, 2.45) is 0 Å². The number of rotatable bonds is 10. The molecule has 0 aromatic rings. The molecule has 0 spiro atoms. The van der Waals surface area contributed by atoms with Crippen molar-refractivity contribution in [2.45, 2.75) is 38.8 Å². The van der Waals surface area contributed by atoms with Crippen LogP contribution in [0.1, 0.15) is 26.7 Å². The van der Waals surface area contributed by atoms with Crippen molar-refractivity contribution in [3.63, 3.8) is 0 Å². The second-order valence-corrected chi connectivity index (χ2v) is 9.25. The SMILES string of the molecule is COC(=O)CCN1CCN(CC2CN(CCCN3CCN(C(C)C)CC3)C(=O)O2)CC1. The van der Waals surface area contributed by atoms with Gasteiger partial charge in [0.1, 0.15) is 6.10 Å². The van der Waals surface area contributed by atoms with Crippen molar-refractivity contribution in [2.75, 3.05) is 92.2 Å². The fraction of sp³-hybridized carbons (Fsp3) is 0.909. The van der Waals surface area contributed by atoms with Gasteiger partial charge in [-0.3, -0.25) is 14.6 Å². The molecule has 3 aliphatic heterocycles. The van der Waals surface area contributed by atoms with Gasteiger partial charge < -0.3 is 24.2 Å². The van der Waals surface area contributed by atoms with Crippen molar-refractivity contribution in [3.05, 3.63) is 0 Å². The minimum absolute atomic E-state index is 0.0382. The Morgan fingerprint density at radius 1 is 0.968 bits per heavy atom. The molecule has 1 unspecified atom stereocenters. The summed E-state index contributed by atoms with van der Waals surface area (Å²) < 4.78 is 10.3. The highest BCUT2D eigenvalue weighted by Gasteiger charge is 2.33. The van der Waals surface area contributed by atoms with E-state index in [-0.39, 0.29) is 18.2 Å². The molecular formula is C22H41N5O4. The lowest BCUT2D eigenvalue weighted by molar-refractivity contribution is -0.141. The first-order valence-electron chi connectivity index (χ1n) is 11.9. The Bertz CT molecular complexity index is 574. The van der Waals surface area contributed by atoms with Crippen molar-refractivity contribution in [1.82, 2.24) is 24.5 Å². The molecule has 0 radical (unpaired) electrons. The van der Waals surface area contributed by atoms with Gasteiger partial charge in [-0.1, -0.05) is 0 Å². The Morgan fingerprint density at radius 2 is 1.58 bits per heavy atom. The van der Waals surface area contributed by atoms with Crippen LogP contribution in [0.15, 0.2) is 0 Å². The van der Waals surface area contributed by atoms with Crippen LogP contribution in [0.4, 0.5) is 4.79 Å². The van der Waals surface area contributed by atoms with Gasteiger partial charge in [0.2, 0.25) is 0 Å². The fourth-order valence-corrected chi connectivity index (χ4v) is 4.68. The quantitative estimate of drug-likeness (QED) is 0.453. The van der Waals surface area contributed by atoms with E-state index in [1.54, 1.807) is 0 Å². The van der Waals surface area contributed by atoms with Crippen LogP contribution in [-0.4, -0.2) is 141 Å². The summed E-state index contributed by atoms with van der Waals surface area (Å²) in [6.07, 6.45) is 1.25. The summed E-state index contributed by atoms with van der Waals surface area (Å²) in [5.74, 6) is -0.154. The minimum atomic E-state index is -0.161. The number of carbonyl (C=O) groups is 2. The number of cyclic esters (lactones) is 1. The van der Waals surface area contributed by atoms with E-state index in [2.05, 4.69) is 33.4 Å². The maximum Gasteiger partial charge on any atom is 0.410 e. The van der Waals surface area contributed by atoms with Crippen molar-refractivity contribution < 1.29 is 19.1 Å². The molecule has 0 aliphatic carbocycles. The number of esters is 1. The molecule has 0 N–H and O–H groups in total. The summed E-state index contributed by atoms with van der Waals surface area (Å²) in [7, 11) is 1.43. The Labute approximate surface area is 187 Å². The van der Waals surface area contributed by atoms with Gasteiger partial charge in [-0.25, -0.2) is 4.79 Å². The van der Waals surface area contributed by atoms with Gasteiger partial charge in [0, 0.05) is 78.0 Å². The zero-order valence-corrected chi connectivity index (χ0v) is 19.6. The second kappa shape index (κ2) is 12.0. The molecule has 1 atom stereocenters. The van der Waals surface area contributed by atoms with E-state index in [0.717, 1.165) is 85.0 Å². The van der Waals surface area contributed by atoms with Gasteiger partial charge in [-0.2, -0.15) is 0 Å². The van der Waals surface area contributed by atoms with Crippen LogP contribution in [-0.2, 0) is 14.3 Å². The number of nitrogens with zero attached hydrogens (tertiary/aromatic N) is 5. The molecule has 3 aliphatic rings. The number of ether oxygens (including phenoxy) is 2. The van der Waals surface area contributed by atoms with Crippen molar-refractivity contribution in [1.29, 1.82) is 0 Å². The predicted octanol–water partition coefficient (Wildman–Crippen LogP) is 0.404. The normalized spacial score (nSPS) is 24.7. The lowest BCUT2D eigenvalue weighted by atomic mass is 10.2. The van der Waals surface area contributed by atoms with E-state index in [1.807, 2.05) is 4.90 Å². The topological polar surface area (TPSA) is 68.8 Å². The van der Waals surface area contributed by atoms with Crippen LogP contribution in [0.2, 0.25) is 0 Å². The lowest BCUT2D eigenvalue weighted by Crippen LogP contribution is -2.49. The summed E-state index contributed by atoms with van der Waals surface area (Å²) in [4.78, 5) is 35.1. The van der Waals surface area contributed by atoms with Gasteiger partial charge in [0.05, 0.1) is 20.1 Å². The maximum atomic E-state index is 12.3. The Balaban J connectivity index is 1.28. The highest BCUT2D eigenvalue weighted by Crippen LogP contribution is 2.15. The standard InChI is InChI=1S/C22H41N5O4/c1-19(2)26-15-13-23(14-16-26)6-4-7-27-18-20(31-22(27)29)17-25-11-9-24(10-12-25)8-5-21(28)30-3/h19-20H,4-18H2,1-3H3.